The molecular weight excluding hydrogens is 376 g/mol. The predicted molar refractivity (Wildman–Crippen MR) is 97.8 cm³/mol. The molecule has 1 N–H and O–H groups in total. The Kier molecular flexibility index (Phi) is 7.09. The van der Waals surface area contributed by atoms with Crippen LogP contribution in [0, 0.1) is 0 Å². The zero-order valence-corrected chi connectivity index (χ0v) is 16.2. The molecule has 1 aromatic heterocycles. The van der Waals surface area contributed by atoms with Crippen LogP contribution in [-0.4, -0.2) is 35.8 Å². The lowest BCUT2D eigenvalue weighted by atomic mass is 9.95. The molecule has 0 aromatic carbocycles. The molecule has 0 radical (unpaired) electrons. The normalized spacial score (nSPS) is 17.9. The minimum atomic E-state index is -0.501. The maximum atomic E-state index is 12.6. The highest BCUT2D eigenvalue weighted by molar-refractivity contribution is 9.11. The topological polar surface area (TPSA) is 49.4 Å². The van der Waals surface area contributed by atoms with Crippen LogP contribution in [0.5, 0.6) is 0 Å². The van der Waals surface area contributed by atoms with Gasteiger partial charge in [0.2, 0.25) is 5.91 Å². The van der Waals surface area contributed by atoms with Crippen molar-refractivity contribution in [2.75, 3.05) is 7.05 Å². The van der Waals surface area contributed by atoms with Crippen molar-refractivity contribution in [1.29, 1.82) is 0 Å². The average Bonchev–Trinajstić information content (AvgIpc) is 2.92. The number of likely N-dealkylation sites (N-methyl/N-ethyl adjacent to an activating group) is 1. The summed E-state index contributed by atoms with van der Waals surface area (Å²) in [5, 5.41) is 2.82. The van der Waals surface area contributed by atoms with Crippen LogP contribution in [0.15, 0.2) is 15.9 Å². The second-order valence-electron chi connectivity index (χ2n) is 6.25. The number of thiophene rings is 1. The molecule has 1 saturated carbocycles. The number of rotatable bonds is 4. The van der Waals surface area contributed by atoms with E-state index in [4.69, 9.17) is 0 Å². The van der Waals surface area contributed by atoms with Crippen LogP contribution < -0.4 is 5.32 Å². The van der Waals surface area contributed by atoms with Gasteiger partial charge in [-0.25, -0.2) is 0 Å². The second kappa shape index (κ2) is 8.83. The van der Waals surface area contributed by atoms with E-state index in [1.54, 1.807) is 13.0 Å². The molecule has 2 rings (SSSR count). The SMILES string of the molecule is CC(NC(=O)c1ccc(Br)s1)C(=O)N(C)C1CCCCCCC1. The van der Waals surface area contributed by atoms with Gasteiger partial charge in [0.25, 0.3) is 5.91 Å². The Morgan fingerprint density at radius 1 is 1.22 bits per heavy atom. The predicted octanol–water partition coefficient (Wildman–Crippen LogP) is 4.20. The molecule has 2 amide bonds. The number of hydrogen-bond donors (Lipinski definition) is 1. The van der Waals surface area contributed by atoms with E-state index in [0.29, 0.717) is 10.9 Å². The Labute approximate surface area is 150 Å². The number of halogens is 1. The summed E-state index contributed by atoms with van der Waals surface area (Å²) in [4.78, 5) is 27.3. The summed E-state index contributed by atoms with van der Waals surface area (Å²) in [6.07, 6.45) is 8.35. The maximum Gasteiger partial charge on any atom is 0.262 e. The molecule has 23 heavy (non-hydrogen) atoms. The van der Waals surface area contributed by atoms with Crippen LogP contribution in [0.1, 0.15) is 61.5 Å². The number of amides is 2. The lowest BCUT2D eigenvalue weighted by Gasteiger charge is -2.31. The zero-order valence-electron chi connectivity index (χ0n) is 13.8. The first kappa shape index (κ1) is 18.5. The highest BCUT2D eigenvalue weighted by atomic mass is 79.9. The van der Waals surface area contributed by atoms with Gasteiger partial charge in [0.05, 0.1) is 8.66 Å². The van der Waals surface area contributed by atoms with Gasteiger partial charge in [-0.05, 0) is 47.8 Å². The van der Waals surface area contributed by atoms with Crippen LogP contribution in [0.2, 0.25) is 0 Å². The summed E-state index contributed by atoms with van der Waals surface area (Å²) in [5.41, 5.74) is 0. The first-order chi connectivity index (χ1) is 11.0. The van der Waals surface area contributed by atoms with Crippen molar-refractivity contribution in [1.82, 2.24) is 10.2 Å². The lowest BCUT2D eigenvalue weighted by molar-refractivity contribution is -0.134. The average molecular weight is 401 g/mol. The summed E-state index contributed by atoms with van der Waals surface area (Å²) in [6, 6.07) is 3.41. The minimum absolute atomic E-state index is 0.000421. The zero-order chi connectivity index (χ0) is 16.8. The van der Waals surface area contributed by atoms with Gasteiger partial charge in [-0.15, -0.1) is 11.3 Å². The van der Waals surface area contributed by atoms with Gasteiger partial charge in [0.1, 0.15) is 6.04 Å². The Morgan fingerprint density at radius 2 is 1.83 bits per heavy atom. The Balaban J connectivity index is 1.90. The molecule has 1 aromatic rings. The summed E-state index contributed by atoms with van der Waals surface area (Å²) < 4.78 is 0.910. The summed E-state index contributed by atoms with van der Waals surface area (Å²) in [5.74, 6) is -0.188. The van der Waals surface area contributed by atoms with Crippen LogP contribution in [0.25, 0.3) is 0 Å². The molecule has 1 aliphatic rings. The van der Waals surface area contributed by atoms with Crippen LogP contribution in [0.3, 0.4) is 0 Å². The highest BCUT2D eigenvalue weighted by Gasteiger charge is 2.26. The standard InChI is InChI=1S/C17H25BrN2O2S/c1-12(19-16(21)14-10-11-15(18)23-14)17(22)20(2)13-8-6-4-3-5-7-9-13/h10-13H,3-9H2,1-2H3,(H,19,21). The van der Waals surface area contributed by atoms with Crippen LogP contribution >= 0.6 is 27.3 Å². The van der Waals surface area contributed by atoms with Gasteiger partial charge in [0, 0.05) is 13.1 Å². The van der Waals surface area contributed by atoms with Crippen molar-refractivity contribution in [3.63, 3.8) is 0 Å². The number of hydrogen-bond acceptors (Lipinski definition) is 3. The van der Waals surface area contributed by atoms with Gasteiger partial charge >= 0.3 is 0 Å². The number of carbonyl (C=O) groups excluding carboxylic acids is 2. The van der Waals surface area contributed by atoms with Crippen molar-refractivity contribution in [2.45, 2.75) is 64.0 Å². The first-order valence-corrected chi connectivity index (χ1v) is 9.93. The molecule has 0 bridgehead atoms. The second-order valence-corrected chi connectivity index (χ2v) is 8.71. The monoisotopic (exact) mass is 400 g/mol. The number of nitrogens with zero attached hydrogens (tertiary/aromatic N) is 1. The molecule has 4 nitrogen and oxygen atoms in total. The molecule has 128 valence electrons. The van der Waals surface area contributed by atoms with Crippen molar-refractivity contribution < 1.29 is 9.59 Å². The van der Waals surface area contributed by atoms with E-state index >= 15 is 0 Å². The molecule has 1 fully saturated rings. The van der Waals surface area contributed by atoms with E-state index in [2.05, 4.69) is 21.2 Å². The van der Waals surface area contributed by atoms with E-state index in [-0.39, 0.29) is 11.8 Å². The number of nitrogens with one attached hydrogen (secondary N) is 1. The van der Waals surface area contributed by atoms with Crippen molar-refractivity contribution in [2.24, 2.45) is 0 Å². The molecule has 0 aliphatic heterocycles. The van der Waals surface area contributed by atoms with Gasteiger partial charge in [0.15, 0.2) is 0 Å². The van der Waals surface area contributed by atoms with Gasteiger partial charge < -0.3 is 10.2 Å². The molecule has 1 aliphatic carbocycles. The molecule has 6 heteroatoms. The summed E-state index contributed by atoms with van der Waals surface area (Å²) in [6.45, 7) is 1.77. The minimum Gasteiger partial charge on any atom is -0.341 e. The first-order valence-electron chi connectivity index (χ1n) is 8.32. The largest absolute Gasteiger partial charge is 0.341 e. The molecule has 1 unspecified atom stereocenters. The van der Waals surface area contributed by atoms with E-state index in [1.165, 1.54) is 43.4 Å². The third kappa shape index (κ3) is 5.31. The summed E-state index contributed by atoms with van der Waals surface area (Å²) in [7, 11) is 1.87. The molecule has 0 saturated heterocycles. The van der Waals surface area contributed by atoms with Crippen molar-refractivity contribution >= 4 is 39.1 Å². The fourth-order valence-electron chi connectivity index (χ4n) is 3.07. The fraction of sp³-hybridized carbons (Fsp3) is 0.647. The van der Waals surface area contributed by atoms with E-state index in [1.807, 2.05) is 18.0 Å². The van der Waals surface area contributed by atoms with Crippen LogP contribution in [0.4, 0.5) is 0 Å². The quantitative estimate of drug-likeness (QED) is 0.822. The highest BCUT2D eigenvalue weighted by Crippen LogP contribution is 2.23. The molecule has 0 spiro atoms. The lowest BCUT2D eigenvalue weighted by Crippen LogP contribution is -2.49. The smallest absolute Gasteiger partial charge is 0.262 e. The van der Waals surface area contributed by atoms with Gasteiger partial charge in [-0.1, -0.05) is 32.1 Å². The third-order valence-electron chi connectivity index (χ3n) is 4.49. The Morgan fingerprint density at radius 3 is 2.39 bits per heavy atom. The Bertz CT molecular complexity index is 538. The van der Waals surface area contributed by atoms with E-state index < -0.39 is 6.04 Å². The fourth-order valence-corrected chi connectivity index (χ4v) is 4.36. The molecule has 1 atom stereocenters. The van der Waals surface area contributed by atoms with E-state index in [9.17, 15) is 9.59 Å². The third-order valence-corrected chi connectivity index (χ3v) is 6.11. The summed E-state index contributed by atoms with van der Waals surface area (Å²) >= 11 is 4.72. The number of carbonyl (C=O) groups is 2. The Hall–Kier alpha value is -0.880. The molecular formula is C17H25BrN2O2S. The molecule has 1 heterocycles. The maximum absolute atomic E-state index is 12.6. The van der Waals surface area contributed by atoms with Gasteiger partial charge in [-0.3, -0.25) is 9.59 Å². The van der Waals surface area contributed by atoms with E-state index in [0.717, 1.165) is 16.6 Å². The van der Waals surface area contributed by atoms with Crippen molar-refractivity contribution in [3.05, 3.63) is 20.8 Å². The van der Waals surface area contributed by atoms with Crippen LogP contribution in [-0.2, 0) is 4.79 Å². The van der Waals surface area contributed by atoms with Gasteiger partial charge in [-0.2, -0.15) is 0 Å². The van der Waals surface area contributed by atoms with Crippen molar-refractivity contribution in [3.8, 4) is 0 Å².